The van der Waals surface area contributed by atoms with E-state index in [1.165, 1.54) is 0 Å². The molecule has 8 heteroatoms. The van der Waals surface area contributed by atoms with Gasteiger partial charge in [0.05, 0.1) is 18.2 Å². The second-order valence-corrected chi connectivity index (χ2v) is 8.39. The Morgan fingerprint density at radius 2 is 1.65 bits per heavy atom. The standard InChI is InChI=1S/C23H30F2N2O4/c1-23(2,3)31-22(30)27-19(11-15-9-17(24)12-18(25)10-15)21(29)14-26-13-20(28)16-7-5-4-6-8-16/h4-10,12,19-21,26,28-29H,11,13-14H2,1-3H3,(H,27,30)/t19-,20?,21+/m0/s1. The lowest BCUT2D eigenvalue weighted by atomic mass is 10.0. The third-order valence-corrected chi connectivity index (χ3v) is 4.42. The molecule has 170 valence electrons. The number of carbonyl (C=O) groups excluding carboxylic acids is 1. The Morgan fingerprint density at radius 1 is 1.03 bits per heavy atom. The summed E-state index contributed by atoms with van der Waals surface area (Å²) in [7, 11) is 0. The normalized spacial score (nSPS) is 14.5. The van der Waals surface area contributed by atoms with Crippen LogP contribution in [0.3, 0.4) is 0 Å². The number of nitrogens with one attached hydrogen (secondary N) is 2. The summed E-state index contributed by atoms with van der Waals surface area (Å²) in [6.45, 7) is 5.31. The van der Waals surface area contributed by atoms with Crippen LogP contribution in [0.5, 0.6) is 0 Å². The van der Waals surface area contributed by atoms with Crippen LogP contribution in [0.2, 0.25) is 0 Å². The molecule has 0 heterocycles. The molecule has 0 saturated heterocycles. The van der Waals surface area contributed by atoms with Gasteiger partial charge in [0, 0.05) is 19.2 Å². The van der Waals surface area contributed by atoms with Gasteiger partial charge in [-0.2, -0.15) is 0 Å². The van der Waals surface area contributed by atoms with Crippen LogP contribution in [0.15, 0.2) is 48.5 Å². The fraction of sp³-hybridized carbons (Fsp3) is 0.435. The third kappa shape index (κ3) is 9.00. The summed E-state index contributed by atoms with van der Waals surface area (Å²) in [5.41, 5.74) is 0.257. The zero-order valence-corrected chi connectivity index (χ0v) is 17.9. The minimum atomic E-state index is -1.11. The molecule has 6 nitrogen and oxygen atoms in total. The van der Waals surface area contributed by atoms with Gasteiger partial charge in [-0.15, -0.1) is 0 Å². The third-order valence-electron chi connectivity index (χ3n) is 4.42. The maximum Gasteiger partial charge on any atom is 0.407 e. The molecule has 0 aromatic heterocycles. The Hall–Kier alpha value is -2.55. The van der Waals surface area contributed by atoms with E-state index in [-0.39, 0.29) is 25.1 Å². The molecule has 1 unspecified atom stereocenters. The van der Waals surface area contributed by atoms with Crippen molar-refractivity contribution in [1.82, 2.24) is 10.6 Å². The molecule has 0 saturated carbocycles. The fourth-order valence-corrected chi connectivity index (χ4v) is 3.03. The van der Waals surface area contributed by atoms with E-state index in [9.17, 15) is 23.8 Å². The summed E-state index contributed by atoms with van der Waals surface area (Å²) in [6.07, 6.45) is -2.65. The minimum absolute atomic E-state index is 0.0159. The Kier molecular flexibility index (Phi) is 8.91. The predicted octanol–water partition coefficient (Wildman–Crippen LogP) is 3.08. The number of rotatable bonds is 9. The number of aliphatic hydroxyl groups excluding tert-OH is 2. The van der Waals surface area contributed by atoms with Crippen LogP contribution < -0.4 is 10.6 Å². The number of hydrogen-bond acceptors (Lipinski definition) is 5. The van der Waals surface area contributed by atoms with Gasteiger partial charge in [-0.3, -0.25) is 0 Å². The number of hydrogen-bond donors (Lipinski definition) is 4. The van der Waals surface area contributed by atoms with E-state index >= 15 is 0 Å². The van der Waals surface area contributed by atoms with Crippen molar-refractivity contribution in [2.45, 2.75) is 51.0 Å². The molecule has 1 amide bonds. The SMILES string of the molecule is CC(C)(C)OC(=O)N[C@@H](Cc1cc(F)cc(F)c1)[C@H](O)CNCC(O)c1ccccc1. The van der Waals surface area contributed by atoms with Crippen molar-refractivity contribution < 1.29 is 28.5 Å². The van der Waals surface area contributed by atoms with Crippen molar-refractivity contribution in [3.8, 4) is 0 Å². The molecule has 31 heavy (non-hydrogen) atoms. The first kappa shape index (κ1) is 24.7. The number of aliphatic hydroxyl groups is 2. The van der Waals surface area contributed by atoms with E-state index < -0.39 is 41.6 Å². The molecule has 0 bridgehead atoms. The van der Waals surface area contributed by atoms with Gasteiger partial charge in [0.1, 0.15) is 17.2 Å². The van der Waals surface area contributed by atoms with Crippen molar-refractivity contribution in [1.29, 1.82) is 0 Å². The Morgan fingerprint density at radius 3 is 2.23 bits per heavy atom. The first-order chi connectivity index (χ1) is 14.5. The van der Waals surface area contributed by atoms with E-state index in [0.29, 0.717) is 0 Å². The molecule has 0 aliphatic heterocycles. The van der Waals surface area contributed by atoms with Gasteiger partial charge in [-0.25, -0.2) is 13.6 Å². The summed E-state index contributed by atoms with van der Waals surface area (Å²) in [5, 5.41) is 26.4. The first-order valence-corrected chi connectivity index (χ1v) is 10.1. The molecule has 0 radical (unpaired) electrons. The highest BCUT2D eigenvalue weighted by molar-refractivity contribution is 5.68. The fourth-order valence-electron chi connectivity index (χ4n) is 3.03. The van der Waals surface area contributed by atoms with Crippen molar-refractivity contribution in [3.63, 3.8) is 0 Å². The van der Waals surface area contributed by atoms with Crippen LogP contribution in [-0.4, -0.2) is 47.1 Å². The topological polar surface area (TPSA) is 90.8 Å². The maximum atomic E-state index is 13.6. The average molecular weight is 436 g/mol. The lowest BCUT2D eigenvalue weighted by Gasteiger charge is -2.27. The van der Waals surface area contributed by atoms with Gasteiger partial charge in [0.25, 0.3) is 0 Å². The zero-order valence-electron chi connectivity index (χ0n) is 17.9. The molecule has 2 aromatic rings. The average Bonchev–Trinajstić information content (AvgIpc) is 2.65. The van der Waals surface area contributed by atoms with Crippen LogP contribution in [0.4, 0.5) is 13.6 Å². The van der Waals surface area contributed by atoms with Crippen molar-refractivity contribution in [2.75, 3.05) is 13.1 Å². The Balaban J connectivity index is 2.02. The lowest BCUT2D eigenvalue weighted by Crippen LogP contribution is -2.50. The molecular weight excluding hydrogens is 406 g/mol. The van der Waals surface area contributed by atoms with E-state index in [1.807, 2.05) is 18.2 Å². The van der Waals surface area contributed by atoms with E-state index in [0.717, 1.165) is 23.8 Å². The summed E-state index contributed by atoms with van der Waals surface area (Å²) in [4.78, 5) is 12.2. The van der Waals surface area contributed by atoms with Gasteiger partial charge in [0.2, 0.25) is 0 Å². The predicted molar refractivity (Wildman–Crippen MR) is 113 cm³/mol. The highest BCUT2D eigenvalue weighted by Crippen LogP contribution is 2.14. The molecule has 0 fully saturated rings. The number of carbonyl (C=O) groups is 1. The molecular formula is C23H30F2N2O4. The summed E-state index contributed by atoms with van der Waals surface area (Å²) in [6, 6.07) is 11.2. The number of benzene rings is 2. The highest BCUT2D eigenvalue weighted by Gasteiger charge is 2.25. The first-order valence-electron chi connectivity index (χ1n) is 10.1. The molecule has 2 rings (SSSR count). The Labute approximate surface area is 181 Å². The molecule has 4 N–H and O–H groups in total. The van der Waals surface area contributed by atoms with Crippen LogP contribution in [0, 0.1) is 11.6 Å². The maximum absolute atomic E-state index is 13.6. The second kappa shape index (κ2) is 11.2. The largest absolute Gasteiger partial charge is 0.444 e. The molecule has 0 aliphatic rings. The molecule has 2 aromatic carbocycles. The number of halogens is 2. The monoisotopic (exact) mass is 436 g/mol. The highest BCUT2D eigenvalue weighted by atomic mass is 19.1. The summed E-state index contributed by atoms with van der Waals surface area (Å²) in [5.74, 6) is -1.49. The lowest BCUT2D eigenvalue weighted by molar-refractivity contribution is 0.0418. The van der Waals surface area contributed by atoms with Gasteiger partial charge in [-0.1, -0.05) is 30.3 Å². The van der Waals surface area contributed by atoms with E-state index in [2.05, 4.69) is 10.6 Å². The quantitative estimate of drug-likeness (QED) is 0.485. The van der Waals surface area contributed by atoms with Gasteiger partial charge < -0.3 is 25.6 Å². The molecule has 0 spiro atoms. The number of ether oxygens (including phenoxy) is 1. The van der Waals surface area contributed by atoms with Gasteiger partial charge >= 0.3 is 6.09 Å². The smallest absolute Gasteiger partial charge is 0.407 e. The van der Waals surface area contributed by atoms with Crippen molar-refractivity contribution in [2.24, 2.45) is 0 Å². The van der Waals surface area contributed by atoms with Gasteiger partial charge in [-0.05, 0) is 50.5 Å². The number of amides is 1. The van der Waals surface area contributed by atoms with Crippen LogP contribution >= 0.6 is 0 Å². The van der Waals surface area contributed by atoms with E-state index in [4.69, 9.17) is 4.74 Å². The number of alkyl carbamates (subject to hydrolysis) is 1. The van der Waals surface area contributed by atoms with Crippen molar-refractivity contribution in [3.05, 3.63) is 71.3 Å². The van der Waals surface area contributed by atoms with Gasteiger partial charge in [0.15, 0.2) is 0 Å². The minimum Gasteiger partial charge on any atom is -0.444 e. The van der Waals surface area contributed by atoms with Crippen LogP contribution in [0.1, 0.15) is 38.0 Å². The van der Waals surface area contributed by atoms with E-state index in [1.54, 1.807) is 32.9 Å². The molecule has 3 atom stereocenters. The molecule has 0 aliphatic carbocycles. The summed E-state index contributed by atoms with van der Waals surface area (Å²) >= 11 is 0. The second-order valence-electron chi connectivity index (χ2n) is 8.39. The van der Waals surface area contributed by atoms with Crippen LogP contribution in [0.25, 0.3) is 0 Å². The summed E-state index contributed by atoms with van der Waals surface area (Å²) < 4.78 is 32.4. The van der Waals surface area contributed by atoms with Crippen LogP contribution in [-0.2, 0) is 11.2 Å². The zero-order chi connectivity index (χ0) is 23.0. The van der Waals surface area contributed by atoms with Crippen molar-refractivity contribution >= 4 is 6.09 Å². The Bertz CT molecular complexity index is 823.